The average molecular weight is 342 g/mol. The minimum atomic E-state index is -3.72. The number of nitrogens with zero attached hydrogens (tertiary/aromatic N) is 1. The number of anilines is 2. The Kier molecular flexibility index (Phi) is 3.77. The minimum absolute atomic E-state index is 0.0572. The van der Waals surface area contributed by atoms with Crippen molar-refractivity contribution < 1.29 is 8.42 Å². The van der Waals surface area contributed by atoms with Crippen molar-refractivity contribution >= 4 is 37.3 Å². The van der Waals surface area contributed by atoms with E-state index in [0.29, 0.717) is 10.2 Å². The zero-order valence-corrected chi connectivity index (χ0v) is 12.5. The monoisotopic (exact) mass is 341 g/mol. The molecular formula is C12H12BrN3O2S. The van der Waals surface area contributed by atoms with Gasteiger partial charge in [-0.25, -0.2) is 8.42 Å². The molecule has 0 saturated carbocycles. The van der Waals surface area contributed by atoms with E-state index in [1.165, 1.54) is 18.5 Å². The third-order valence-electron chi connectivity index (χ3n) is 2.47. The molecule has 0 spiro atoms. The summed E-state index contributed by atoms with van der Waals surface area (Å²) in [6.45, 7) is 1.85. The van der Waals surface area contributed by atoms with Crippen LogP contribution in [0.3, 0.4) is 0 Å². The third kappa shape index (κ3) is 3.05. The fourth-order valence-electron chi connectivity index (χ4n) is 1.57. The van der Waals surface area contributed by atoms with Gasteiger partial charge >= 0.3 is 0 Å². The summed E-state index contributed by atoms with van der Waals surface area (Å²) in [5.41, 5.74) is 7.29. The molecule has 19 heavy (non-hydrogen) atoms. The minimum Gasteiger partial charge on any atom is -0.398 e. The Morgan fingerprint density at radius 1 is 1.32 bits per heavy atom. The fraction of sp³-hybridized carbons (Fsp3) is 0.0833. The number of pyridine rings is 1. The molecule has 0 bridgehead atoms. The maximum absolute atomic E-state index is 12.3. The Bertz CT molecular complexity index is 717. The van der Waals surface area contributed by atoms with E-state index in [0.717, 1.165) is 5.56 Å². The van der Waals surface area contributed by atoms with Gasteiger partial charge in [-0.2, -0.15) is 0 Å². The van der Waals surface area contributed by atoms with Crippen LogP contribution in [0.2, 0.25) is 0 Å². The summed E-state index contributed by atoms with van der Waals surface area (Å²) in [5, 5.41) is 0. The molecule has 0 unspecified atom stereocenters. The SMILES string of the molecule is Cc1ccc(S(=O)(=O)Nc2ccncc2Br)c(N)c1. The molecule has 100 valence electrons. The summed E-state index contributed by atoms with van der Waals surface area (Å²) in [6.07, 6.45) is 3.01. The Morgan fingerprint density at radius 2 is 2.05 bits per heavy atom. The van der Waals surface area contributed by atoms with Crippen molar-refractivity contribution in [3.05, 3.63) is 46.7 Å². The van der Waals surface area contributed by atoms with E-state index < -0.39 is 10.0 Å². The van der Waals surface area contributed by atoms with Crippen molar-refractivity contribution in [2.75, 3.05) is 10.5 Å². The molecule has 2 rings (SSSR count). The molecule has 7 heteroatoms. The van der Waals surface area contributed by atoms with Crippen LogP contribution in [0.1, 0.15) is 5.56 Å². The van der Waals surface area contributed by atoms with E-state index in [4.69, 9.17) is 5.73 Å². The predicted octanol–water partition coefficient (Wildman–Crippen LogP) is 2.54. The van der Waals surface area contributed by atoms with Crippen LogP contribution >= 0.6 is 15.9 Å². The quantitative estimate of drug-likeness (QED) is 0.840. The van der Waals surface area contributed by atoms with E-state index in [9.17, 15) is 8.42 Å². The van der Waals surface area contributed by atoms with E-state index >= 15 is 0 Å². The van der Waals surface area contributed by atoms with Gasteiger partial charge < -0.3 is 5.73 Å². The van der Waals surface area contributed by atoms with E-state index in [1.54, 1.807) is 18.2 Å². The third-order valence-corrected chi connectivity index (χ3v) is 4.54. The topological polar surface area (TPSA) is 85.1 Å². The summed E-state index contributed by atoms with van der Waals surface area (Å²) in [6, 6.07) is 6.37. The van der Waals surface area contributed by atoms with Crippen molar-refractivity contribution in [3.8, 4) is 0 Å². The summed E-state index contributed by atoms with van der Waals surface area (Å²) >= 11 is 3.23. The molecule has 0 saturated heterocycles. The Morgan fingerprint density at radius 3 is 2.68 bits per heavy atom. The molecule has 1 aromatic heterocycles. The maximum Gasteiger partial charge on any atom is 0.263 e. The summed E-state index contributed by atoms with van der Waals surface area (Å²) < 4.78 is 27.5. The lowest BCUT2D eigenvalue weighted by molar-refractivity contribution is 0.601. The molecule has 0 amide bonds. The Labute approximate surface area is 120 Å². The van der Waals surface area contributed by atoms with Gasteiger partial charge in [-0.15, -0.1) is 0 Å². The van der Waals surface area contributed by atoms with Crippen molar-refractivity contribution in [3.63, 3.8) is 0 Å². The molecule has 3 N–H and O–H groups in total. The van der Waals surface area contributed by atoms with Crippen LogP contribution in [0, 0.1) is 6.92 Å². The highest BCUT2D eigenvalue weighted by atomic mass is 79.9. The molecule has 1 heterocycles. The highest BCUT2D eigenvalue weighted by molar-refractivity contribution is 9.10. The van der Waals surface area contributed by atoms with Gasteiger partial charge in [0.05, 0.1) is 15.8 Å². The van der Waals surface area contributed by atoms with Crippen LogP contribution in [0.4, 0.5) is 11.4 Å². The van der Waals surface area contributed by atoms with Crippen LogP contribution in [-0.2, 0) is 10.0 Å². The fourth-order valence-corrected chi connectivity index (χ4v) is 3.24. The maximum atomic E-state index is 12.3. The average Bonchev–Trinajstić information content (AvgIpc) is 2.31. The number of nitrogens with one attached hydrogen (secondary N) is 1. The first kappa shape index (κ1) is 13.8. The Hall–Kier alpha value is -1.60. The second-order valence-electron chi connectivity index (χ2n) is 4.00. The predicted molar refractivity (Wildman–Crippen MR) is 78.3 cm³/mol. The molecule has 1 aromatic carbocycles. The summed E-state index contributed by atoms with van der Waals surface area (Å²) in [7, 11) is -3.72. The number of benzene rings is 1. The zero-order valence-electron chi connectivity index (χ0n) is 10.1. The van der Waals surface area contributed by atoms with Crippen molar-refractivity contribution in [2.45, 2.75) is 11.8 Å². The number of rotatable bonds is 3. The number of nitrogen functional groups attached to an aromatic ring is 1. The van der Waals surface area contributed by atoms with Crippen molar-refractivity contribution in [1.29, 1.82) is 0 Å². The van der Waals surface area contributed by atoms with Gasteiger partial charge in [-0.1, -0.05) is 6.07 Å². The first-order chi connectivity index (χ1) is 8.90. The standard InChI is InChI=1S/C12H12BrN3O2S/c1-8-2-3-12(10(14)6-8)19(17,18)16-11-4-5-15-7-9(11)13/h2-7H,14H2,1H3,(H,15,16). The number of halogens is 1. The van der Waals surface area contributed by atoms with E-state index in [2.05, 4.69) is 25.6 Å². The highest BCUT2D eigenvalue weighted by Crippen LogP contribution is 2.26. The molecular weight excluding hydrogens is 330 g/mol. The smallest absolute Gasteiger partial charge is 0.263 e. The Balaban J connectivity index is 2.41. The van der Waals surface area contributed by atoms with Gasteiger partial charge in [-0.05, 0) is 46.6 Å². The molecule has 0 aliphatic heterocycles. The van der Waals surface area contributed by atoms with E-state index in [1.807, 2.05) is 6.92 Å². The first-order valence-electron chi connectivity index (χ1n) is 5.38. The molecule has 0 atom stereocenters. The lowest BCUT2D eigenvalue weighted by Gasteiger charge is -2.11. The van der Waals surface area contributed by atoms with Crippen LogP contribution in [0.15, 0.2) is 46.0 Å². The number of hydrogen-bond acceptors (Lipinski definition) is 4. The lowest BCUT2D eigenvalue weighted by Crippen LogP contribution is -2.15. The second kappa shape index (κ2) is 5.18. The van der Waals surface area contributed by atoms with Crippen LogP contribution in [0.5, 0.6) is 0 Å². The van der Waals surface area contributed by atoms with Gasteiger partial charge in [0.2, 0.25) is 0 Å². The highest BCUT2D eigenvalue weighted by Gasteiger charge is 2.18. The second-order valence-corrected chi connectivity index (χ2v) is 6.51. The molecule has 0 aliphatic carbocycles. The van der Waals surface area contributed by atoms with Crippen LogP contribution < -0.4 is 10.5 Å². The number of aryl methyl sites for hydroxylation is 1. The van der Waals surface area contributed by atoms with Gasteiger partial charge in [0.15, 0.2) is 0 Å². The van der Waals surface area contributed by atoms with Gasteiger partial charge in [0.1, 0.15) is 4.90 Å². The largest absolute Gasteiger partial charge is 0.398 e. The number of sulfonamides is 1. The number of nitrogens with two attached hydrogens (primary N) is 1. The van der Waals surface area contributed by atoms with Gasteiger partial charge in [-0.3, -0.25) is 9.71 Å². The van der Waals surface area contributed by atoms with Crippen molar-refractivity contribution in [1.82, 2.24) is 4.98 Å². The number of aromatic nitrogens is 1. The molecule has 0 fully saturated rings. The van der Waals surface area contributed by atoms with Crippen LogP contribution in [-0.4, -0.2) is 13.4 Å². The van der Waals surface area contributed by atoms with Gasteiger partial charge in [0.25, 0.3) is 10.0 Å². The van der Waals surface area contributed by atoms with Gasteiger partial charge in [0, 0.05) is 12.4 Å². The first-order valence-corrected chi connectivity index (χ1v) is 7.66. The van der Waals surface area contributed by atoms with Crippen molar-refractivity contribution in [2.24, 2.45) is 0 Å². The lowest BCUT2D eigenvalue weighted by atomic mass is 10.2. The molecule has 0 radical (unpaired) electrons. The zero-order chi connectivity index (χ0) is 14.0. The summed E-state index contributed by atoms with van der Waals surface area (Å²) in [5.74, 6) is 0. The van der Waals surface area contributed by atoms with Crippen LogP contribution in [0.25, 0.3) is 0 Å². The normalized spacial score (nSPS) is 11.3. The molecule has 2 aromatic rings. The molecule has 0 aliphatic rings. The van der Waals surface area contributed by atoms with E-state index in [-0.39, 0.29) is 10.6 Å². The summed E-state index contributed by atoms with van der Waals surface area (Å²) in [4.78, 5) is 3.93. The number of hydrogen-bond donors (Lipinski definition) is 2. The molecule has 5 nitrogen and oxygen atoms in total.